The van der Waals surface area contributed by atoms with Gasteiger partial charge in [-0.3, -0.25) is 14.5 Å². The summed E-state index contributed by atoms with van der Waals surface area (Å²) >= 11 is 5.77. The van der Waals surface area contributed by atoms with Crippen molar-refractivity contribution >= 4 is 33.5 Å². The lowest BCUT2D eigenvalue weighted by atomic mass is 10.1. The summed E-state index contributed by atoms with van der Waals surface area (Å²) in [4.78, 5) is 25.3. The van der Waals surface area contributed by atoms with Crippen LogP contribution in [0.25, 0.3) is 0 Å². The summed E-state index contributed by atoms with van der Waals surface area (Å²) in [5.74, 6) is -1.49. The van der Waals surface area contributed by atoms with Crippen LogP contribution in [0, 0.1) is 0 Å². The molecule has 0 aliphatic carbocycles. The molecule has 0 bridgehead atoms. The number of nitrogens with one attached hydrogen (secondary N) is 3. The maximum absolute atomic E-state index is 12.2. The molecule has 4 rings (SSSR count). The third-order valence-electron chi connectivity index (χ3n) is 6.39. The van der Waals surface area contributed by atoms with Gasteiger partial charge in [-0.1, -0.05) is 66.2 Å². The smallest absolute Gasteiger partial charge is 0.325 e. The molecule has 1 heterocycles. The second-order valence-corrected chi connectivity index (χ2v) is 11.9. The van der Waals surface area contributed by atoms with E-state index in [1.54, 1.807) is 18.2 Å². The number of carboxylic acid groups (broad SMARTS) is 1. The Bertz CT molecular complexity index is 1370. The van der Waals surface area contributed by atoms with E-state index in [-0.39, 0.29) is 17.9 Å². The van der Waals surface area contributed by atoms with Gasteiger partial charge in [0.1, 0.15) is 6.04 Å². The van der Waals surface area contributed by atoms with Crippen LogP contribution in [-0.2, 0) is 39.0 Å². The number of carbonyl (C=O) groups is 2. The quantitative estimate of drug-likeness (QED) is 0.266. The Morgan fingerprint density at radius 2 is 1.59 bits per heavy atom. The van der Waals surface area contributed by atoms with Crippen molar-refractivity contribution in [3.63, 3.8) is 0 Å². The molecule has 0 radical (unpaired) electrons. The van der Waals surface area contributed by atoms with Gasteiger partial charge in [0.05, 0.1) is 11.3 Å². The first-order chi connectivity index (χ1) is 19.6. The summed E-state index contributed by atoms with van der Waals surface area (Å²) in [6.45, 7) is 7.30. The molecule has 220 valence electrons. The number of piperazine rings is 1. The van der Waals surface area contributed by atoms with Crippen molar-refractivity contribution in [2.24, 2.45) is 0 Å². The van der Waals surface area contributed by atoms with Crippen molar-refractivity contribution in [3.8, 4) is 0 Å². The van der Waals surface area contributed by atoms with Gasteiger partial charge in [0, 0.05) is 44.3 Å². The van der Waals surface area contributed by atoms with Gasteiger partial charge < -0.3 is 15.7 Å². The Kier molecular flexibility index (Phi) is 12.8. The highest BCUT2D eigenvalue weighted by Gasteiger charge is 2.15. The molecular weight excluding hydrogens is 564 g/mol. The predicted molar refractivity (Wildman–Crippen MR) is 160 cm³/mol. The average molecular weight is 601 g/mol. The van der Waals surface area contributed by atoms with Gasteiger partial charge in [0.15, 0.2) is 0 Å². The molecule has 11 heteroatoms. The van der Waals surface area contributed by atoms with Gasteiger partial charge in [-0.25, -0.2) is 13.1 Å². The topological polar surface area (TPSA) is 128 Å². The van der Waals surface area contributed by atoms with Crippen molar-refractivity contribution in [2.75, 3.05) is 32.7 Å². The van der Waals surface area contributed by atoms with Crippen molar-refractivity contribution in [3.05, 3.63) is 101 Å². The van der Waals surface area contributed by atoms with E-state index >= 15 is 0 Å². The third kappa shape index (κ3) is 11.6. The van der Waals surface area contributed by atoms with Crippen molar-refractivity contribution in [1.29, 1.82) is 0 Å². The lowest BCUT2D eigenvalue weighted by molar-refractivity contribution is -0.141. The molecule has 1 atom stereocenters. The first kappa shape index (κ1) is 32.2. The summed E-state index contributed by atoms with van der Waals surface area (Å²) in [5.41, 5.74) is 2.99. The van der Waals surface area contributed by atoms with Crippen molar-refractivity contribution in [1.82, 2.24) is 20.3 Å². The lowest BCUT2D eigenvalue weighted by Gasteiger charge is -2.27. The molecule has 1 fully saturated rings. The molecule has 0 saturated carbocycles. The summed E-state index contributed by atoms with van der Waals surface area (Å²) in [6.07, 6.45) is 0.482. The summed E-state index contributed by atoms with van der Waals surface area (Å²) in [5, 5.41) is 15.0. The van der Waals surface area contributed by atoms with Crippen LogP contribution in [0.2, 0.25) is 5.02 Å². The van der Waals surface area contributed by atoms with Gasteiger partial charge in [0.25, 0.3) is 0 Å². The second kappa shape index (κ2) is 16.2. The van der Waals surface area contributed by atoms with Crippen molar-refractivity contribution < 1.29 is 23.1 Å². The maximum atomic E-state index is 12.2. The second-order valence-electron chi connectivity index (χ2n) is 9.74. The van der Waals surface area contributed by atoms with Crippen LogP contribution in [0.4, 0.5) is 0 Å². The van der Waals surface area contributed by atoms with E-state index in [1.807, 2.05) is 6.07 Å². The lowest BCUT2D eigenvalue weighted by Crippen LogP contribution is -2.42. The molecule has 0 spiro atoms. The Labute approximate surface area is 247 Å². The first-order valence-corrected chi connectivity index (χ1v) is 15.3. The van der Waals surface area contributed by atoms with Crippen LogP contribution in [0.5, 0.6) is 0 Å². The molecule has 1 amide bonds. The minimum atomic E-state index is -3.63. The van der Waals surface area contributed by atoms with Gasteiger partial charge in [-0.2, -0.15) is 0 Å². The SMILES string of the molecule is C[C@H](NC(=O)Cc1cccc(CCNS(=O)(=O)c2ccc(Cl)cc2)c1)C(=O)O.c1ccc(CN2CCNCC2)cc1. The first-order valence-electron chi connectivity index (χ1n) is 13.4. The van der Waals surface area contributed by atoms with Crippen LogP contribution >= 0.6 is 11.6 Å². The molecule has 3 aromatic carbocycles. The van der Waals surface area contributed by atoms with E-state index in [1.165, 1.54) is 49.8 Å². The number of aliphatic carboxylic acids is 1. The standard InChI is InChI=1S/C19H21ClN2O5S.C11H16N2/c1-13(19(24)25)22-18(23)12-15-4-2-3-14(11-15)9-10-21-28(26,27)17-7-5-16(20)6-8-17;1-2-4-11(5-3-1)10-13-8-6-12-7-9-13/h2-8,11,13,21H,9-10,12H2,1H3,(H,22,23)(H,24,25);1-5,12H,6-10H2/t13-;/m0./s1. The molecule has 9 nitrogen and oxygen atoms in total. The van der Waals surface area contributed by atoms with E-state index in [2.05, 4.69) is 50.6 Å². The molecule has 1 aliphatic heterocycles. The number of carboxylic acids is 1. The zero-order chi connectivity index (χ0) is 29.7. The number of nitrogens with zero attached hydrogens (tertiary/aromatic N) is 1. The number of carbonyl (C=O) groups excluding carboxylic acids is 1. The monoisotopic (exact) mass is 600 g/mol. The van der Waals surface area contributed by atoms with E-state index in [4.69, 9.17) is 16.7 Å². The van der Waals surface area contributed by atoms with Crippen LogP contribution < -0.4 is 15.4 Å². The number of amides is 1. The van der Waals surface area contributed by atoms with Gasteiger partial charge in [-0.05, 0) is 54.3 Å². The van der Waals surface area contributed by atoms with E-state index in [0.717, 1.165) is 25.2 Å². The molecule has 1 aliphatic rings. The van der Waals surface area contributed by atoms with E-state index < -0.39 is 27.9 Å². The van der Waals surface area contributed by atoms with Gasteiger partial charge in [0.2, 0.25) is 15.9 Å². The molecule has 1 saturated heterocycles. The normalized spacial score (nSPS) is 14.4. The van der Waals surface area contributed by atoms with E-state index in [0.29, 0.717) is 17.0 Å². The highest BCUT2D eigenvalue weighted by atomic mass is 35.5. The molecule has 0 unspecified atom stereocenters. The van der Waals surface area contributed by atoms with Gasteiger partial charge in [-0.15, -0.1) is 0 Å². The number of sulfonamides is 1. The van der Waals surface area contributed by atoms with Crippen molar-refractivity contribution in [2.45, 2.75) is 37.2 Å². The van der Waals surface area contributed by atoms with Crippen LogP contribution in [0.1, 0.15) is 23.6 Å². The van der Waals surface area contributed by atoms with Crippen LogP contribution in [0.3, 0.4) is 0 Å². The zero-order valence-electron chi connectivity index (χ0n) is 23.1. The summed E-state index contributed by atoms with van der Waals surface area (Å²) < 4.78 is 27.0. The maximum Gasteiger partial charge on any atom is 0.325 e. The fraction of sp³-hybridized carbons (Fsp3) is 0.333. The Morgan fingerprint density at radius 1 is 0.951 bits per heavy atom. The fourth-order valence-corrected chi connectivity index (χ4v) is 5.33. The Hall–Kier alpha value is -3.28. The van der Waals surface area contributed by atoms with E-state index in [9.17, 15) is 18.0 Å². The zero-order valence-corrected chi connectivity index (χ0v) is 24.6. The number of hydrogen-bond donors (Lipinski definition) is 4. The molecule has 41 heavy (non-hydrogen) atoms. The Balaban J connectivity index is 0.000000294. The summed E-state index contributed by atoms with van der Waals surface area (Å²) in [6, 6.07) is 22.8. The van der Waals surface area contributed by atoms with Crippen LogP contribution in [0.15, 0.2) is 83.8 Å². The third-order valence-corrected chi connectivity index (χ3v) is 8.12. The summed E-state index contributed by atoms with van der Waals surface area (Å²) in [7, 11) is -3.63. The number of rotatable bonds is 11. The fourth-order valence-electron chi connectivity index (χ4n) is 4.17. The van der Waals surface area contributed by atoms with Gasteiger partial charge >= 0.3 is 5.97 Å². The highest BCUT2D eigenvalue weighted by Crippen LogP contribution is 2.14. The Morgan fingerprint density at radius 3 is 2.24 bits per heavy atom. The number of halogens is 1. The predicted octanol–water partition coefficient (Wildman–Crippen LogP) is 3.08. The largest absolute Gasteiger partial charge is 0.480 e. The van der Waals surface area contributed by atoms with Crippen LogP contribution in [-0.4, -0.2) is 69.1 Å². The minimum absolute atomic E-state index is 0.0436. The average Bonchev–Trinajstić information content (AvgIpc) is 2.95. The molecule has 3 aromatic rings. The molecular formula is C30H37ClN4O5S. The molecule has 4 N–H and O–H groups in total. The number of benzene rings is 3. The number of hydrogen-bond acceptors (Lipinski definition) is 6. The highest BCUT2D eigenvalue weighted by molar-refractivity contribution is 7.89. The molecule has 0 aromatic heterocycles. The minimum Gasteiger partial charge on any atom is -0.480 e.